The lowest BCUT2D eigenvalue weighted by atomic mass is 9.87. The molecular weight excluding hydrogens is 289 g/mol. The van der Waals surface area contributed by atoms with Crippen LogP contribution in [0.5, 0.6) is 0 Å². The maximum Gasteiger partial charge on any atom is 0.442 e. The maximum absolute atomic E-state index is 12.0. The van der Waals surface area contributed by atoms with Gasteiger partial charge in [-0.3, -0.25) is 4.79 Å². The number of amides is 1. The van der Waals surface area contributed by atoms with Crippen molar-refractivity contribution in [3.05, 3.63) is 29.3 Å². The van der Waals surface area contributed by atoms with Crippen LogP contribution in [0.15, 0.2) is 18.2 Å². The molecule has 2 rings (SSSR count). The third-order valence-electron chi connectivity index (χ3n) is 3.18. The Morgan fingerprint density at radius 3 is 2.90 bits per heavy atom. The Labute approximate surface area is 119 Å². The molecule has 1 aliphatic carbocycles. The lowest BCUT2D eigenvalue weighted by Gasteiger charge is -2.26. The number of carbonyl (C=O) groups is 1. The summed E-state index contributed by atoms with van der Waals surface area (Å²) in [6.07, 6.45) is 2.50. The zero-order valence-electron chi connectivity index (χ0n) is 10.7. The number of carbonyl (C=O) groups excluding carboxylic acids is 1. The number of alkyl halides is 3. The molecule has 0 bridgehead atoms. The van der Waals surface area contributed by atoms with Crippen molar-refractivity contribution >= 4 is 23.4 Å². The molecule has 0 fully saturated rings. The zero-order valence-corrected chi connectivity index (χ0v) is 11.5. The number of nitrogens with one attached hydrogen (secondary N) is 1. The predicted octanol–water partition coefficient (Wildman–Crippen LogP) is 3.02. The van der Waals surface area contributed by atoms with E-state index < -0.39 is 17.2 Å². The zero-order chi connectivity index (χ0) is 14.8. The van der Waals surface area contributed by atoms with Crippen LogP contribution in [0.3, 0.4) is 0 Å². The van der Waals surface area contributed by atoms with Crippen molar-refractivity contribution in [1.82, 2.24) is 5.32 Å². The van der Waals surface area contributed by atoms with E-state index in [-0.39, 0.29) is 17.8 Å². The Bertz CT molecular complexity index is 505. The highest BCUT2D eigenvalue weighted by atomic mass is 32.2. The van der Waals surface area contributed by atoms with Crippen molar-refractivity contribution in [2.75, 3.05) is 11.5 Å². The highest BCUT2D eigenvalue weighted by Crippen LogP contribution is 2.32. The maximum atomic E-state index is 12.0. The first kappa shape index (κ1) is 15.0. The standard InChI is InChI=1S/C13H15F3N2OS/c14-13(15,16)20-7-12(19)18-11-3-1-2-8-6-9(17)4-5-10(8)11/h4-6,11H,1-3,7,17H2,(H,18,19). The Morgan fingerprint density at radius 1 is 1.45 bits per heavy atom. The number of thioether (sulfide) groups is 1. The van der Waals surface area contributed by atoms with Gasteiger partial charge in [-0.25, -0.2) is 0 Å². The fraction of sp³-hybridized carbons (Fsp3) is 0.462. The molecule has 20 heavy (non-hydrogen) atoms. The number of hydrogen-bond donors (Lipinski definition) is 2. The molecule has 3 nitrogen and oxygen atoms in total. The molecular formula is C13H15F3N2OS. The number of benzene rings is 1. The van der Waals surface area contributed by atoms with Crippen LogP contribution in [0.1, 0.15) is 30.0 Å². The summed E-state index contributed by atoms with van der Waals surface area (Å²) in [7, 11) is 0. The molecule has 0 aromatic heterocycles. The van der Waals surface area contributed by atoms with Crippen LogP contribution in [-0.2, 0) is 11.2 Å². The summed E-state index contributed by atoms with van der Waals surface area (Å²) in [5, 5.41) is 2.67. The Balaban J connectivity index is 2.00. The number of rotatable bonds is 3. The van der Waals surface area contributed by atoms with Gasteiger partial charge in [0.15, 0.2) is 0 Å². The number of anilines is 1. The minimum absolute atomic E-state index is 0.222. The molecule has 0 spiro atoms. The van der Waals surface area contributed by atoms with Crippen LogP contribution in [0.25, 0.3) is 0 Å². The quantitative estimate of drug-likeness (QED) is 0.844. The summed E-state index contributed by atoms with van der Waals surface area (Å²) in [6.45, 7) is 0. The summed E-state index contributed by atoms with van der Waals surface area (Å²) in [4.78, 5) is 11.6. The second-order valence-electron chi connectivity index (χ2n) is 4.70. The first-order chi connectivity index (χ1) is 9.35. The van der Waals surface area contributed by atoms with Gasteiger partial charge in [0.1, 0.15) is 0 Å². The number of nitrogen functional groups attached to an aromatic ring is 1. The highest BCUT2D eigenvalue weighted by Gasteiger charge is 2.30. The fourth-order valence-electron chi connectivity index (χ4n) is 2.37. The number of hydrogen-bond acceptors (Lipinski definition) is 3. The molecule has 110 valence electrons. The molecule has 1 aromatic rings. The van der Waals surface area contributed by atoms with E-state index in [1.807, 2.05) is 12.1 Å². The first-order valence-electron chi connectivity index (χ1n) is 6.23. The Kier molecular flexibility index (Phi) is 4.47. The normalized spacial score (nSPS) is 18.4. The lowest BCUT2D eigenvalue weighted by molar-refractivity contribution is -0.119. The first-order valence-corrected chi connectivity index (χ1v) is 7.22. The SMILES string of the molecule is Nc1ccc2c(c1)CCCC2NC(=O)CSC(F)(F)F. The average Bonchev–Trinajstić information content (AvgIpc) is 2.35. The van der Waals surface area contributed by atoms with Crippen LogP contribution < -0.4 is 11.1 Å². The van der Waals surface area contributed by atoms with Crippen molar-refractivity contribution in [2.45, 2.75) is 30.8 Å². The van der Waals surface area contributed by atoms with Gasteiger partial charge in [-0.05, 0) is 54.3 Å². The molecule has 1 aromatic carbocycles. The van der Waals surface area contributed by atoms with Crippen molar-refractivity contribution in [3.63, 3.8) is 0 Å². The van der Waals surface area contributed by atoms with Gasteiger partial charge in [0.25, 0.3) is 0 Å². The van der Waals surface area contributed by atoms with E-state index in [1.54, 1.807) is 6.07 Å². The molecule has 0 aliphatic heterocycles. The van der Waals surface area contributed by atoms with Crippen molar-refractivity contribution in [1.29, 1.82) is 0 Å². The van der Waals surface area contributed by atoms with Crippen LogP contribution >= 0.6 is 11.8 Å². The molecule has 0 saturated heterocycles. The minimum Gasteiger partial charge on any atom is -0.399 e. The van der Waals surface area contributed by atoms with Crippen molar-refractivity contribution in [2.24, 2.45) is 0 Å². The monoisotopic (exact) mass is 304 g/mol. The van der Waals surface area contributed by atoms with Crippen molar-refractivity contribution in [3.8, 4) is 0 Å². The molecule has 3 N–H and O–H groups in total. The topological polar surface area (TPSA) is 55.1 Å². The van der Waals surface area contributed by atoms with Gasteiger partial charge in [0, 0.05) is 5.69 Å². The van der Waals surface area contributed by atoms with E-state index >= 15 is 0 Å². The van der Waals surface area contributed by atoms with Gasteiger partial charge < -0.3 is 11.1 Å². The second-order valence-corrected chi connectivity index (χ2v) is 5.75. The largest absolute Gasteiger partial charge is 0.442 e. The third kappa shape index (κ3) is 4.06. The fourth-order valence-corrected chi connectivity index (χ4v) is 2.75. The summed E-state index contributed by atoms with van der Waals surface area (Å²) in [5.41, 5.74) is 4.00. The molecule has 0 saturated carbocycles. The smallest absolute Gasteiger partial charge is 0.399 e. The summed E-state index contributed by atoms with van der Waals surface area (Å²) in [6, 6.07) is 5.22. The minimum atomic E-state index is -4.38. The Hall–Kier alpha value is -1.37. The molecule has 1 aliphatic rings. The van der Waals surface area contributed by atoms with Crippen LogP contribution in [0.2, 0.25) is 0 Å². The van der Waals surface area contributed by atoms with E-state index in [2.05, 4.69) is 5.32 Å². The van der Waals surface area contributed by atoms with Gasteiger partial charge >= 0.3 is 5.51 Å². The number of nitrogens with two attached hydrogens (primary N) is 1. The van der Waals surface area contributed by atoms with Gasteiger partial charge in [-0.15, -0.1) is 0 Å². The number of fused-ring (bicyclic) bond motifs is 1. The summed E-state index contributed by atoms with van der Waals surface area (Å²) in [5.74, 6) is -1.20. The lowest BCUT2D eigenvalue weighted by Crippen LogP contribution is -2.32. The third-order valence-corrected chi connectivity index (χ3v) is 3.92. The average molecular weight is 304 g/mol. The van der Waals surface area contributed by atoms with Gasteiger partial charge in [-0.1, -0.05) is 6.07 Å². The molecule has 7 heteroatoms. The van der Waals surface area contributed by atoms with Crippen LogP contribution in [0.4, 0.5) is 18.9 Å². The van der Waals surface area contributed by atoms with Crippen LogP contribution in [0, 0.1) is 0 Å². The van der Waals surface area contributed by atoms with E-state index in [9.17, 15) is 18.0 Å². The number of aryl methyl sites for hydroxylation is 1. The number of halogens is 3. The second kappa shape index (κ2) is 5.95. The van der Waals surface area contributed by atoms with Gasteiger partial charge in [-0.2, -0.15) is 13.2 Å². The van der Waals surface area contributed by atoms with E-state index in [1.165, 1.54) is 0 Å². The Morgan fingerprint density at radius 2 is 2.20 bits per heavy atom. The van der Waals surface area contributed by atoms with E-state index in [0.717, 1.165) is 30.4 Å². The summed E-state index contributed by atoms with van der Waals surface area (Å²) < 4.78 is 36.1. The molecule has 1 amide bonds. The molecule has 0 heterocycles. The van der Waals surface area contributed by atoms with E-state index in [4.69, 9.17) is 5.73 Å². The van der Waals surface area contributed by atoms with Gasteiger partial charge in [0.2, 0.25) is 5.91 Å². The predicted molar refractivity (Wildman–Crippen MR) is 73.2 cm³/mol. The molecule has 0 radical (unpaired) electrons. The molecule has 1 atom stereocenters. The van der Waals surface area contributed by atoms with Gasteiger partial charge in [0.05, 0.1) is 11.8 Å². The van der Waals surface area contributed by atoms with Crippen molar-refractivity contribution < 1.29 is 18.0 Å². The highest BCUT2D eigenvalue weighted by molar-refractivity contribution is 8.00. The molecule has 1 unspecified atom stereocenters. The summed E-state index contributed by atoms with van der Waals surface area (Å²) >= 11 is -0.318. The van der Waals surface area contributed by atoms with E-state index in [0.29, 0.717) is 5.69 Å². The van der Waals surface area contributed by atoms with Crippen LogP contribution in [-0.4, -0.2) is 17.2 Å².